The standard InChI is InChI=1S/C5H8ClNO4/c6-1-4(8)11-2-3(7)5(9)10/h3H,1-2,7H2,(H,9,10). The monoisotopic (exact) mass is 181 g/mol. The van der Waals surface area contributed by atoms with Crippen molar-refractivity contribution in [2.75, 3.05) is 12.5 Å². The Bertz CT molecular complexity index is 161. The van der Waals surface area contributed by atoms with Crippen molar-refractivity contribution in [1.29, 1.82) is 0 Å². The van der Waals surface area contributed by atoms with Gasteiger partial charge in [-0.2, -0.15) is 0 Å². The van der Waals surface area contributed by atoms with Crippen molar-refractivity contribution in [2.24, 2.45) is 5.73 Å². The summed E-state index contributed by atoms with van der Waals surface area (Å²) in [7, 11) is 0. The maximum atomic E-state index is 10.3. The lowest BCUT2D eigenvalue weighted by Crippen LogP contribution is -2.35. The summed E-state index contributed by atoms with van der Waals surface area (Å²) in [6.07, 6.45) is 0. The number of alkyl halides is 1. The fraction of sp³-hybridized carbons (Fsp3) is 0.600. The Morgan fingerprint density at radius 3 is 2.55 bits per heavy atom. The van der Waals surface area contributed by atoms with Crippen molar-refractivity contribution < 1.29 is 19.4 Å². The van der Waals surface area contributed by atoms with Gasteiger partial charge in [0.1, 0.15) is 18.5 Å². The van der Waals surface area contributed by atoms with Crippen LogP contribution in [0, 0.1) is 0 Å². The topological polar surface area (TPSA) is 89.6 Å². The average molecular weight is 182 g/mol. The zero-order valence-corrected chi connectivity index (χ0v) is 6.37. The number of carboxylic acids is 1. The van der Waals surface area contributed by atoms with Crippen molar-refractivity contribution in [1.82, 2.24) is 0 Å². The molecule has 0 heterocycles. The van der Waals surface area contributed by atoms with E-state index in [1.807, 2.05) is 0 Å². The molecule has 0 aliphatic rings. The second kappa shape index (κ2) is 4.92. The summed E-state index contributed by atoms with van der Waals surface area (Å²) < 4.78 is 4.34. The van der Waals surface area contributed by atoms with Gasteiger partial charge in [-0.1, -0.05) is 0 Å². The number of aliphatic carboxylic acids is 1. The first kappa shape index (κ1) is 10.2. The van der Waals surface area contributed by atoms with Crippen LogP contribution in [0.15, 0.2) is 0 Å². The smallest absolute Gasteiger partial charge is 0.324 e. The Morgan fingerprint density at radius 1 is 1.64 bits per heavy atom. The molecular weight excluding hydrogens is 174 g/mol. The normalized spacial score (nSPS) is 12.2. The van der Waals surface area contributed by atoms with Crippen LogP contribution in [0.5, 0.6) is 0 Å². The second-order valence-corrected chi connectivity index (χ2v) is 2.03. The van der Waals surface area contributed by atoms with Crippen molar-refractivity contribution in [3.8, 4) is 0 Å². The lowest BCUT2D eigenvalue weighted by atomic mass is 10.3. The molecule has 1 atom stereocenters. The highest BCUT2D eigenvalue weighted by Crippen LogP contribution is 1.86. The van der Waals surface area contributed by atoms with E-state index in [0.717, 1.165) is 0 Å². The molecule has 0 aromatic rings. The molecule has 0 aromatic carbocycles. The van der Waals surface area contributed by atoms with Crippen LogP contribution in [0.3, 0.4) is 0 Å². The molecule has 0 aliphatic carbocycles. The molecule has 0 fully saturated rings. The number of esters is 1. The molecular formula is C5H8ClNO4. The summed E-state index contributed by atoms with van der Waals surface area (Å²) in [6, 6.07) is -1.18. The van der Waals surface area contributed by atoms with Crippen LogP contribution >= 0.6 is 11.6 Å². The number of carboxylic acid groups (broad SMARTS) is 1. The van der Waals surface area contributed by atoms with Crippen LogP contribution < -0.4 is 5.73 Å². The van der Waals surface area contributed by atoms with Gasteiger partial charge in [-0.3, -0.25) is 9.59 Å². The largest absolute Gasteiger partial charge is 0.480 e. The Kier molecular flexibility index (Phi) is 4.56. The number of nitrogens with two attached hydrogens (primary N) is 1. The molecule has 64 valence electrons. The lowest BCUT2D eigenvalue weighted by molar-refractivity contribution is -0.145. The molecule has 0 aliphatic heterocycles. The first-order valence-electron chi connectivity index (χ1n) is 2.78. The minimum absolute atomic E-state index is 0.299. The Hall–Kier alpha value is -0.810. The molecule has 6 heteroatoms. The van der Waals surface area contributed by atoms with Crippen LogP contribution in [0.4, 0.5) is 0 Å². The molecule has 0 aromatic heterocycles. The van der Waals surface area contributed by atoms with E-state index in [1.54, 1.807) is 0 Å². The van der Waals surface area contributed by atoms with E-state index >= 15 is 0 Å². The van der Waals surface area contributed by atoms with Gasteiger partial charge in [-0.25, -0.2) is 0 Å². The minimum Gasteiger partial charge on any atom is -0.480 e. The highest BCUT2D eigenvalue weighted by Gasteiger charge is 2.13. The summed E-state index contributed by atoms with van der Waals surface area (Å²) in [4.78, 5) is 20.4. The van der Waals surface area contributed by atoms with E-state index in [9.17, 15) is 9.59 Å². The Morgan fingerprint density at radius 2 is 2.18 bits per heavy atom. The fourth-order valence-corrected chi connectivity index (χ4v) is 0.370. The van der Waals surface area contributed by atoms with Gasteiger partial charge < -0.3 is 15.6 Å². The van der Waals surface area contributed by atoms with Crippen molar-refractivity contribution in [3.63, 3.8) is 0 Å². The Labute approximate surface area is 68.1 Å². The maximum absolute atomic E-state index is 10.3. The van der Waals surface area contributed by atoms with Crippen LogP contribution in [0.1, 0.15) is 0 Å². The summed E-state index contributed by atoms with van der Waals surface area (Å²) in [5, 5.41) is 8.22. The summed E-state index contributed by atoms with van der Waals surface area (Å²) in [6.45, 7) is -0.346. The third kappa shape index (κ3) is 4.58. The molecule has 0 amide bonds. The van der Waals surface area contributed by atoms with Gasteiger partial charge in [0.2, 0.25) is 0 Å². The van der Waals surface area contributed by atoms with E-state index in [0.29, 0.717) is 0 Å². The van der Waals surface area contributed by atoms with Gasteiger partial charge in [-0.05, 0) is 0 Å². The number of hydrogen-bond acceptors (Lipinski definition) is 4. The Balaban J connectivity index is 3.54. The van der Waals surface area contributed by atoms with Gasteiger partial charge in [0.25, 0.3) is 0 Å². The molecule has 3 N–H and O–H groups in total. The van der Waals surface area contributed by atoms with Crippen LogP contribution in [0.25, 0.3) is 0 Å². The highest BCUT2D eigenvalue weighted by atomic mass is 35.5. The number of carbonyl (C=O) groups is 2. The molecule has 0 rings (SSSR count). The fourth-order valence-electron chi connectivity index (χ4n) is 0.293. The third-order valence-electron chi connectivity index (χ3n) is 0.850. The SMILES string of the molecule is NC(COC(=O)CCl)C(=O)O. The molecule has 1 unspecified atom stereocenters. The molecule has 5 nitrogen and oxygen atoms in total. The van der Waals surface area contributed by atoms with Crippen molar-refractivity contribution in [3.05, 3.63) is 0 Å². The van der Waals surface area contributed by atoms with Crippen LogP contribution in [0.2, 0.25) is 0 Å². The lowest BCUT2D eigenvalue weighted by Gasteiger charge is -2.05. The minimum atomic E-state index is -1.22. The third-order valence-corrected chi connectivity index (χ3v) is 1.07. The number of halogens is 1. The maximum Gasteiger partial charge on any atom is 0.324 e. The summed E-state index contributed by atoms with van der Waals surface area (Å²) in [5.41, 5.74) is 5.00. The van der Waals surface area contributed by atoms with Gasteiger partial charge >= 0.3 is 11.9 Å². The molecule has 0 spiro atoms. The molecule has 0 radical (unpaired) electrons. The van der Waals surface area contributed by atoms with Gasteiger partial charge in [0, 0.05) is 0 Å². The molecule has 11 heavy (non-hydrogen) atoms. The zero-order chi connectivity index (χ0) is 8.85. The molecule has 0 saturated heterocycles. The van der Waals surface area contributed by atoms with E-state index in [-0.39, 0.29) is 12.5 Å². The van der Waals surface area contributed by atoms with Crippen molar-refractivity contribution >= 4 is 23.5 Å². The highest BCUT2D eigenvalue weighted by molar-refractivity contribution is 6.26. The van der Waals surface area contributed by atoms with E-state index in [4.69, 9.17) is 22.4 Å². The van der Waals surface area contributed by atoms with Crippen LogP contribution in [-0.4, -0.2) is 35.6 Å². The quantitative estimate of drug-likeness (QED) is 0.437. The number of carbonyl (C=O) groups excluding carboxylic acids is 1. The zero-order valence-electron chi connectivity index (χ0n) is 5.62. The predicted molar refractivity (Wildman–Crippen MR) is 37.3 cm³/mol. The van der Waals surface area contributed by atoms with E-state index in [2.05, 4.69) is 4.74 Å². The van der Waals surface area contributed by atoms with Gasteiger partial charge in [-0.15, -0.1) is 11.6 Å². The predicted octanol–water partition coefficient (Wildman–Crippen LogP) is -0.820. The summed E-state index contributed by atoms with van der Waals surface area (Å²) >= 11 is 5.05. The second-order valence-electron chi connectivity index (χ2n) is 1.76. The first-order chi connectivity index (χ1) is 5.07. The number of hydrogen-bond donors (Lipinski definition) is 2. The van der Waals surface area contributed by atoms with E-state index in [1.165, 1.54) is 0 Å². The van der Waals surface area contributed by atoms with Crippen molar-refractivity contribution in [2.45, 2.75) is 6.04 Å². The first-order valence-corrected chi connectivity index (χ1v) is 3.31. The molecule has 0 saturated carbocycles. The van der Waals surface area contributed by atoms with E-state index < -0.39 is 18.0 Å². The number of ether oxygens (including phenoxy) is 1. The van der Waals surface area contributed by atoms with Gasteiger partial charge in [0.05, 0.1) is 0 Å². The molecule has 0 bridgehead atoms. The van der Waals surface area contributed by atoms with Gasteiger partial charge in [0.15, 0.2) is 0 Å². The van der Waals surface area contributed by atoms with Crippen LogP contribution in [-0.2, 0) is 14.3 Å². The average Bonchev–Trinajstić information content (AvgIpc) is 1.99. The number of rotatable bonds is 4. The summed E-state index contributed by atoms with van der Waals surface area (Å²) in [5.74, 6) is -2.19.